The maximum Gasteiger partial charge on any atom is -0.00719 e. The summed E-state index contributed by atoms with van der Waals surface area (Å²) in [5.41, 5.74) is 6.45. The number of hydrogen-bond donors (Lipinski definition) is 1. The van der Waals surface area contributed by atoms with Gasteiger partial charge in [0.2, 0.25) is 0 Å². The Labute approximate surface area is 82.1 Å². The van der Waals surface area contributed by atoms with E-state index < -0.39 is 0 Å². The maximum atomic E-state index is 5.73. The Balaban J connectivity index is 1.93. The van der Waals surface area contributed by atoms with Crippen molar-refractivity contribution in [1.29, 1.82) is 0 Å². The van der Waals surface area contributed by atoms with E-state index in [4.69, 9.17) is 5.73 Å². The minimum atomic E-state index is 0.717. The highest BCUT2D eigenvalue weighted by atomic mass is 14.6. The molecule has 0 radical (unpaired) electrons. The van der Waals surface area contributed by atoms with E-state index >= 15 is 0 Å². The summed E-state index contributed by atoms with van der Waals surface area (Å²) in [7, 11) is 0. The standard InChI is InChI=1S/C12H23N/c13-10-9-12(7-4-8-12)11-5-2-1-3-6-11/h11H,1-10,13H2. The molecule has 0 amide bonds. The van der Waals surface area contributed by atoms with Crippen LogP contribution < -0.4 is 5.73 Å². The third-order valence-corrected chi connectivity index (χ3v) is 4.46. The molecule has 2 aliphatic carbocycles. The van der Waals surface area contributed by atoms with Gasteiger partial charge in [0.05, 0.1) is 0 Å². The van der Waals surface area contributed by atoms with Crippen molar-refractivity contribution in [3.05, 3.63) is 0 Å². The van der Waals surface area contributed by atoms with Crippen LogP contribution in [0.15, 0.2) is 0 Å². The van der Waals surface area contributed by atoms with Gasteiger partial charge >= 0.3 is 0 Å². The van der Waals surface area contributed by atoms with Crippen LogP contribution >= 0.6 is 0 Å². The second kappa shape index (κ2) is 4.00. The summed E-state index contributed by atoms with van der Waals surface area (Å²) in [5, 5.41) is 0. The molecule has 76 valence electrons. The molecule has 0 spiro atoms. The average molecular weight is 181 g/mol. The van der Waals surface area contributed by atoms with Crippen LogP contribution in [0.4, 0.5) is 0 Å². The van der Waals surface area contributed by atoms with E-state index in [-0.39, 0.29) is 0 Å². The van der Waals surface area contributed by atoms with Crippen molar-refractivity contribution in [1.82, 2.24) is 0 Å². The van der Waals surface area contributed by atoms with Crippen LogP contribution in [-0.2, 0) is 0 Å². The lowest BCUT2D eigenvalue weighted by molar-refractivity contribution is 0.0193. The highest BCUT2D eigenvalue weighted by molar-refractivity contribution is 4.94. The van der Waals surface area contributed by atoms with Crippen molar-refractivity contribution in [3.63, 3.8) is 0 Å². The highest BCUT2D eigenvalue weighted by Crippen LogP contribution is 2.53. The van der Waals surface area contributed by atoms with Gasteiger partial charge in [0.15, 0.2) is 0 Å². The van der Waals surface area contributed by atoms with E-state index in [0.29, 0.717) is 0 Å². The summed E-state index contributed by atoms with van der Waals surface area (Å²) in [5.74, 6) is 1.04. The molecule has 2 N–H and O–H groups in total. The molecule has 0 heterocycles. The van der Waals surface area contributed by atoms with Crippen molar-refractivity contribution in [3.8, 4) is 0 Å². The molecule has 0 bridgehead atoms. The van der Waals surface area contributed by atoms with Crippen LogP contribution in [0.1, 0.15) is 57.8 Å². The summed E-state index contributed by atoms with van der Waals surface area (Å²) >= 11 is 0. The number of rotatable bonds is 3. The van der Waals surface area contributed by atoms with Crippen LogP contribution in [0.25, 0.3) is 0 Å². The SMILES string of the molecule is NCCC1(C2CCCCC2)CCC1. The normalized spacial score (nSPS) is 28.4. The number of nitrogens with two attached hydrogens (primary N) is 1. The summed E-state index contributed by atoms with van der Waals surface area (Å²) in [6.45, 7) is 0.913. The van der Waals surface area contributed by atoms with Gasteiger partial charge in [0.25, 0.3) is 0 Å². The molecule has 0 unspecified atom stereocenters. The lowest BCUT2D eigenvalue weighted by atomic mass is 9.56. The third-order valence-electron chi connectivity index (χ3n) is 4.46. The van der Waals surface area contributed by atoms with Crippen LogP contribution in [0.5, 0.6) is 0 Å². The molecule has 2 rings (SSSR count). The molecule has 0 aromatic carbocycles. The lowest BCUT2D eigenvalue weighted by Crippen LogP contribution is -2.40. The van der Waals surface area contributed by atoms with E-state index in [1.807, 2.05) is 0 Å². The first kappa shape index (κ1) is 9.51. The van der Waals surface area contributed by atoms with Gasteiger partial charge in [-0.15, -0.1) is 0 Å². The third kappa shape index (κ3) is 1.76. The fraction of sp³-hybridized carbons (Fsp3) is 1.00. The van der Waals surface area contributed by atoms with E-state index in [1.54, 1.807) is 0 Å². The Kier molecular flexibility index (Phi) is 2.92. The molecule has 2 fully saturated rings. The van der Waals surface area contributed by atoms with Gasteiger partial charge in [-0.1, -0.05) is 25.7 Å². The number of hydrogen-bond acceptors (Lipinski definition) is 1. The summed E-state index contributed by atoms with van der Waals surface area (Å²) < 4.78 is 0. The zero-order chi connectivity index (χ0) is 9.15. The first-order valence-electron chi connectivity index (χ1n) is 6.07. The van der Waals surface area contributed by atoms with E-state index in [0.717, 1.165) is 17.9 Å². The van der Waals surface area contributed by atoms with Crippen LogP contribution in [0, 0.1) is 11.3 Å². The zero-order valence-corrected chi connectivity index (χ0v) is 8.73. The molecule has 0 aromatic heterocycles. The van der Waals surface area contributed by atoms with Crippen molar-refractivity contribution in [2.75, 3.05) is 6.54 Å². The van der Waals surface area contributed by atoms with Crippen LogP contribution in [0.2, 0.25) is 0 Å². The van der Waals surface area contributed by atoms with Crippen molar-refractivity contribution in [2.45, 2.75) is 57.8 Å². The molecule has 2 aliphatic rings. The molecule has 0 saturated heterocycles. The molecule has 1 nitrogen and oxygen atoms in total. The smallest absolute Gasteiger partial charge is 0.00719 e. The highest BCUT2D eigenvalue weighted by Gasteiger charge is 2.42. The first-order valence-corrected chi connectivity index (χ1v) is 6.07. The lowest BCUT2D eigenvalue weighted by Gasteiger charge is -2.49. The maximum absolute atomic E-state index is 5.73. The van der Waals surface area contributed by atoms with Gasteiger partial charge < -0.3 is 5.73 Å². The largest absolute Gasteiger partial charge is 0.330 e. The molecular weight excluding hydrogens is 158 g/mol. The molecule has 0 aliphatic heterocycles. The van der Waals surface area contributed by atoms with Gasteiger partial charge in [-0.2, -0.15) is 0 Å². The summed E-state index contributed by atoms with van der Waals surface area (Å²) in [6.07, 6.45) is 13.2. The molecule has 1 heteroatoms. The van der Waals surface area contributed by atoms with Gasteiger partial charge in [0.1, 0.15) is 0 Å². The average Bonchev–Trinajstić information content (AvgIpc) is 2.13. The Morgan fingerprint density at radius 1 is 1.00 bits per heavy atom. The van der Waals surface area contributed by atoms with Crippen LogP contribution in [-0.4, -0.2) is 6.54 Å². The van der Waals surface area contributed by atoms with Gasteiger partial charge in [-0.3, -0.25) is 0 Å². The molecular formula is C12H23N. The van der Waals surface area contributed by atoms with E-state index in [9.17, 15) is 0 Å². The predicted molar refractivity (Wildman–Crippen MR) is 56.5 cm³/mol. The van der Waals surface area contributed by atoms with Crippen molar-refractivity contribution < 1.29 is 0 Å². The van der Waals surface area contributed by atoms with Gasteiger partial charge in [-0.05, 0) is 50.0 Å². The summed E-state index contributed by atoms with van der Waals surface area (Å²) in [6, 6.07) is 0. The Hall–Kier alpha value is -0.0400. The topological polar surface area (TPSA) is 26.0 Å². The fourth-order valence-electron chi connectivity index (χ4n) is 3.50. The van der Waals surface area contributed by atoms with Crippen molar-refractivity contribution >= 4 is 0 Å². The molecule has 0 aromatic rings. The van der Waals surface area contributed by atoms with Crippen LogP contribution in [0.3, 0.4) is 0 Å². The zero-order valence-electron chi connectivity index (χ0n) is 8.73. The fourth-order valence-corrected chi connectivity index (χ4v) is 3.50. The first-order chi connectivity index (χ1) is 6.37. The molecule has 0 atom stereocenters. The predicted octanol–water partition coefficient (Wildman–Crippen LogP) is 3.09. The van der Waals surface area contributed by atoms with E-state index in [1.165, 1.54) is 57.8 Å². The molecule has 13 heavy (non-hydrogen) atoms. The Morgan fingerprint density at radius 3 is 2.15 bits per heavy atom. The molecule has 2 saturated carbocycles. The van der Waals surface area contributed by atoms with Gasteiger partial charge in [0, 0.05) is 0 Å². The second-order valence-corrected chi connectivity index (χ2v) is 5.09. The summed E-state index contributed by atoms with van der Waals surface area (Å²) in [4.78, 5) is 0. The van der Waals surface area contributed by atoms with Crippen molar-refractivity contribution in [2.24, 2.45) is 17.1 Å². The minimum Gasteiger partial charge on any atom is -0.330 e. The quantitative estimate of drug-likeness (QED) is 0.711. The second-order valence-electron chi connectivity index (χ2n) is 5.09. The Morgan fingerprint density at radius 2 is 1.69 bits per heavy atom. The van der Waals surface area contributed by atoms with Gasteiger partial charge in [-0.25, -0.2) is 0 Å². The van der Waals surface area contributed by atoms with E-state index in [2.05, 4.69) is 0 Å². The monoisotopic (exact) mass is 181 g/mol. The minimum absolute atomic E-state index is 0.717. The Bertz CT molecular complexity index is 155.